The molecule has 1 unspecified atom stereocenters. The van der Waals surface area contributed by atoms with E-state index in [0.717, 1.165) is 18.8 Å². The average Bonchev–Trinajstić information content (AvgIpc) is 3.15. The average molecular weight is 311 g/mol. The maximum absolute atomic E-state index is 12.3. The fourth-order valence-electron chi connectivity index (χ4n) is 3.04. The van der Waals surface area contributed by atoms with Crippen LogP contribution in [0.1, 0.15) is 22.1 Å². The molecule has 0 saturated carbocycles. The molecule has 0 bridgehead atoms. The summed E-state index contributed by atoms with van der Waals surface area (Å²) < 4.78 is 5.57. The van der Waals surface area contributed by atoms with Crippen LogP contribution in [0, 0.1) is 0 Å². The van der Waals surface area contributed by atoms with Gasteiger partial charge in [-0.2, -0.15) is 0 Å². The first-order valence-corrected chi connectivity index (χ1v) is 8.57. The summed E-state index contributed by atoms with van der Waals surface area (Å²) in [5, 5.41) is 0.110. The van der Waals surface area contributed by atoms with Crippen molar-refractivity contribution < 1.29 is 9.53 Å². The van der Waals surface area contributed by atoms with Crippen LogP contribution in [0.25, 0.3) is 0 Å². The lowest BCUT2D eigenvalue weighted by atomic mass is 10.1. The largest absolute Gasteiger partial charge is 0.493 e. The number of thioether (sulfide) groups is 1. The molecule has 2 aromatic rings. The van der Waals surface area contributed by atoms with Gasteiger partial charge in [0.2, 0.25) is 5.91 Å². The zero-order valence-corrected chi connectivity index (χ0v) is 13.0. The van der Waals surface area contributed by atoms with Gasteiger partial charge in [-0.25, -0.2) is 0 Å². The molecule has 0 aromatic heterocycles. The predicted molar refractivity (Wildman–Crippen MR) is 87.8 cm³/mol. The van der Waals surface area contributed by atoms with Crippen LogP contribution in [0.4, 0.5) is 0 Å². The molecule has 0 aliphatic carbocycles. The van der Waals surface area contributed by atoms with E-state index >= 15 is 0 Å². The smallest absolute Gasteiger partial charge is 0.234 e. The highest BCUT2D eigenvalue weighted by Crippen LogP contribution is 2.41. The highest BCUT2D eigenvalue weighted by atomic mass is 32.2. The summed E-state index contributed by atoms with van der Waals surface area (Å²) in [4.78, 5) is 14.3. The molecule has 1 atom stereocenters. The minimum Gasteiger partial charge on any atom is -0.493 e. The normalized spacial score (nSPS) is 20.1. The first kappa shape index (κ1) is 13.7. The number of benzene rings is 2. The van der Waals surface area contributed by atoms with Gasteiger partial charge in [0.1, 0.15) is 11.1 Å². The van der Waals surface area contributed by atoms with Crippen LogP contribution in [0.3, 0.4) is 0 Å². The first-order valence-electron chi connectivity index (χ1n) is 7.52. The Morgan fingerprint density at radius 2 is 2.05 bits per heavy atom. The zero-order chi connectivity index (χ0) is 14.9. The number of hydrogen-bond acceptors (Lipinski definition) is 3. The van der Waals surface area contributed by atoms with Crippen LogP contribution < -0.4 is 4.74 Å². The Morgan fingerprint density at radius 3 is 2.91 bits per heavy atom. The molecule has 1 fully saturated rings. The highest BCUT2D eigenvalue weighted by Gasteiger charge is 2.33. The van der Waals surface area contributed by atoms with Gasteiger partial charge in [0.25, 0.3) is 0 Å². The molecule has 1 amide bonds. The molecule has 2 aromatic carbocycles. The first-order chi connectivity index (χ1) is 10.8. The Morgan fingerprint density at radius 1 is 1.18 bits per heavy atom. The van der Waals surface area contributed by atoms with Crippen molar-refractivity contribution >= 4 is 17.7 Å². The van der Waals surface area contributed by atoms with E-state index in [-0.39, 0.29) is 11.3 Å². The number of nitrogens with zero attached hydrogens (tertiary/aromatic N) is 1. The van der Waals surface area contributed by atoms with E-state index in [2.05, 4.69) is 24.3 Å². The Bertz CT molecular complexity index is 701. The second-order valence-electron chi connectivity index (χ2n) is 5.64. The van der Waals surface area contributed by atoms with Crippen molar-refractivity contribution in [1.82, 2.24) is 4.90 Å². The molecule has 2 aliphatic heterocycles. The third-order valence-electron chi connectivity index (χ3n) is 4.16. The number of carbonyl (C=O) groups excluding carboxylic acids is 1. The molecule has 2 heterocycles. The van der Waals surface area contributed by atoms with Gasteiger partial charge in [0.15, 0.2) is 0 Å². The lowest BCUT2D eigenvalue weighted by molar-refractivity contribution is -0.128. The zero-order valence-electron chi connectivity index (χ0n) is 12.2. The number of fused-ring (bicyclic) bond motifs is 1. The maximum Gasteiger partial charge on any atom is 0.234 e. The molecule has 1 saturated heterocycles. The van der Waals surface area contributed by atoms with E-state index in [1.165, 1.54) is 16.7 Å². The van der Waals surface area contributed by atoms with Gasteiger partial charge in [0, 0.05) is 13.0 Å². The van der Waals surface area contributed by atoms with Gasteiger partial charge >= 0.3 is 0 Å². The molecule has 0 N–H and O–H groups in total. The Kier molecular flexibility index (Phi) is 3.54. The van der Waals surface area contributed by atoms with E-state index in [1.807, 2.05) is 29.2 Å². The molecule has 22 heavy (non-hydrogen) atoms. The van der Waals surface area contributed by atoms with Crippen molar-refractivity contribution in [3.8, 4) is 5.75 Å². The van der Waals surface area contributed by atoms with E-state index in [4.69, 9.17) is 4.74 Å². The number of amides is 1. The molecular weight excluding hydrogens is 294 g/mol. The topological polar surface area (TPSA) is 29.5 Å². The molecule has 4 heteroatoms. The van der Waals surface area contributed by atoms with Gasteiger partial charge in [0.05, 0.1) is 12.4 Å². The van der Waals surface area contributed by atoms with Crippen LogP contribution in [-0.4, -0.2) is 23.2 Å². The van der Waals surface area contributed by atoms with E-state index in [0.29, 0.717) is 12.3 Å². The minimum atomic E-state index is 0.110. The van der Waals surface area contributed by atoms with E-state index in [9.17, 15) is 4.79 Å². The fraction of sp³-hybridized carbons (Fsp3) is 0.278. The highest BCUT2D eigenvalue weighted by molar-refractivity contribution is 8.00. The van der Waals surface area contributed by atoms with Crippen LogP contribution in [0.15, 0.2) is 48.5 Å². The lowest BCUT2D eigenvalue weighted by Crippen LogP contribution is -2.27. The minimum absolute atomic E-state index is 0.110. The summed E-state index contributed by atoms with van der Waals surface area (Å²) in [5.41, 5.74) is 3.64. The van der Waals surface area contributed by atoms with Gasteiger partial charge in [-0.05, 0) is 28.8 Å². The predicted octanol–water partition coefficient (Wildman–Crippen LogP) is 3.40. The van der Waals surface area contributed by atoms with Crippen molar-refractivity contribution in [1.29, 1.82) is 0 Å². The summed E-state index contributed by atoms with van der Waals surface area (Å²) >= 11 is 1.71. The molecule has 0 radical (unpaired) electrons. The maximum atomic E-state index is 12.3. The van der Waals surface area contributed by atoms with Crippen LogP contribution in [0.5, 0.6) is 5.75 Å². The van der Waals surface area contributed by atoms with Crippen LogP contribution >= 0.6 is 11.8 Å². The Labute approximate surface area is 134 Å². The summed E-state index contributed by atoms with van der Waals surface area (Å²) in [6, 6.07) is 16.5. The molecule has 2 aliphatic rings. The van der Waals surface area contributed by atoms with Crippen molar-refractivity contribution in [3.05, 3.63) is 65.2 Å². The summed E-state index contributed by atoms with van der Waals surface area (Å²) in [5.74, 6) is 1.77. The summed E-state index contributed by atoms with van der Waals surface area (Å²) in [6.45, 7) is 1.44. The number of ether oxygens (including phenoxy) is 1. The van der Waals surface area contributed by atoms with Crippen molar-refractivity contribution in [2.45, 2.75) is 18.3 Å². The third kappa shape index (κ3) is 2.48. The number of carbonyl (C=O) groups is 1. The van der Waals surface area contributed by atoms with Crippen molar-refractivity contribution in [3.63, 3.8) is 0 Å². The van der Waals surface area contributed by atoms with E-state index in [1.54, 1.807) is 11.8 Å². The summed E-state index contributed by atoms with van der Waals surface area (Å²) in [7, 11) is 0. The Hall–Kier alpha value is -1.94. The van der Waals surface area contributed by atoms with Gasteiger partial charge in [-0.1, -0.05) is 36.4 Å². The SMILES string of the molecule is O=C1CSC(c2ccc3c(c2)CCO3)N1Cc1ccccc1. The van der Waals surface area contributed by atoms with E-state index < -0.39 is 0 Å². The molecular formula is C18H17NO2S. The standard InChI is InChI=1S/C18H17NO2S/c20-17-12-22-18(19(17)11-13-4-2-1-3-5-13)15-6-7-16-14(10-15)8-9-21-16/h1-7,10,18H,8-9,11-12H2. The number of rotatable bonds is 3. The monoisotopic (exact) mass is 311 g/mol. The van der Waals surface area contributed by atoms with Gasteiger partial charge in [-0.3, -0.25) is 4.79 Å². The quantitative estimate of drug-likeness (QED) is 0.870. The van der Waals surface area contributed by atoms with Gasteiger partial charge < -0.3 is 9.64 Å². The lowest BCUT2D eigenvalue weighted by Gasteiger charge is -2.24. The summed E-state index contributed by atoms with van der Waals surface area (Å²) in [6.07, 6.45) is 0.965. The molecule has 4 rings (SSSR count). The fourth-order valence-corrected chi connectivity index (χ4v) is 4.22. The second kappa shape index (κ2) is 5.69. The van der Waals surface area contributed by atoms with Crippen molar-refractivity contribution in [2.75, 3.05) is 12.4 Å². The number of hydrogen-bond donors (Lipinski definition) is 0. The molecule has 0 spiro atoms. The third-order valence-corrected chi connectivity index (χ3v) is 5.42. The van der Waals surface area contributed by atoms with Crippen molar-refractivity contribution in [2.24, 2.45) is 0 Å². The Balaban J connectivity index is 1.61. The van der Waals surface area contributed by atoms with Crippen LogP contribution in [0.2, 0.25) is 0 Å². The second-order valence-corrected chi connectivity index (χ2v) is 6.70. The van der Waals surface area contributed by atoms with Gasteiger partial charge in [-0.15, -0.1) is 11.8 Å². The molecule has 112 valence electrons. The molecule has 3 nitrogen and oxygen atoms in total. The van der Waals surface area contributed by atoms with Crippen LogP contribution in [-0.2, 0) is 17.8 Å².